The molecule has 1 amide bonds. The summed E-state index contributed by atoms with van der Waals surface area (Å²) in [5, 5.41) is 2.93. The Bertz CT molecular complexity index is 1220. The van der Waals surface area contributed by atoms with Crippen LogP contribution in [-0.4, -0.2) is 27.0 Å². The van der Waals surface area contributed by atoms with Gasteiger partial charge in [0.1, 0.15) is 23.9 Å². The van der Waals surface area contributed by atoms with Gasteiger partial charge in [0.05, 0.1) is 24.1 Å². The molecule has 4 rings (SSSR count). The normalized spacial score (nSPS) is 11.1. The van der Waals surface area contributed by atoms with E-state index in [1.807, 2.05) is 24.3 Å². The van der Waals surface area contributed by atoms with E-state index in [9.17, 15) is 4.79 Å². The molecule has 0 saturated carbocycles. The quantitative estimate of drug-likeness (QED) is 0.435. The lowest BCUT2D eigenvalue weighted by Gasteiger charge is -2.16. The highest BCUT2D eigenvalue weighted by Gasteiger charge is 2.14. The molecular weight excluding hydrogens is 400 g/mol. The first kappa shape index (κ1) is 21.6. The van der Waals surface area contributed by atoms with Gasteiger partial charge in [0.25, 0.3) is 5.91 Å². The second kappa shape index (κ2) is 9.64. The third kappa shape index (κ3) is 4.80. The van der Waals surface area contributed by atoms with Crippen molar-refractivity contribution in [1.82, 2.24) is 19.9 Å². The lowest BCUT2D eigenvalue weighted by Crippen LogP contribution is -2.26. The Morgan fingerprint density at radius 2 is 1.91 bits per heavy atom. The first-order valence-corrected chi connectivity index (χ1v) is 10.9. The third-order valence-electron chi connectivity index (χ3n) is 5.40. The Hall–Kier alpha value is -3.67. The van der Waals surface area contributed by atoms with Crippen LogP contribution in [0.2, 0.25) is 0 Å². The minimum Gasteiger partial charge on any atom is -0.491 e. The molecule has 0 bridgehead atoms. The largest absolute Gasteiger partial charge is 0.491 e. The fraction of sp³-hybridized carbons (Fsp3) is 0.269. The molecule has 6 nitrogen and oxygen atoms in total. The Labute approximate surface area is 188 Å². The first-order chi connectivity index (χ1) is 15.5. The molecule has 2 aromatic carbocycles. The van der Waals surface area contributed by atoms with E-state index >= 15 is 0 Å². The van der Waals surface area contributed by atoms with E-state index in [0.29, 0.717) is 31.3 Å². The van der Waals surface area contributed by atoms with Crippen LogP contribution in [0.5, 0.6) is 5.75 Å². The van der Waals surface area contributed by atoms with Crippen molar-refractivity contribution in [3.63, 3.8) is 0 Å². The molecule has 0 fully saturated rings. The molecule has 0 unspecified atom stereocenters. The first-order valence-electron chi connectivity index (χ1n) is 10.9. The van der Waals surface area contributed by atoms with Crippen molar-refractivity contribution >= 4 is 16.9 Å². The van der Waals surface area contributed by atoms with Crippen molar-refractivity contribution in [2.45, 2.75) is 39.8 Å². The molecular formula is C26H28N4O2. The number of aryl methyl sites for hydroxylation is 1. The van der Waals surface area contributed by atoms with Gasteiger partial charge in [-0.2, -0.15) is 0 Å². The van der Waals surface area contributed by atoms with Crippen molar-refractivity contribution in [2.24, 2.45) is 0 Å². The van der Waals surface area contributed by atoms with E-state index in [1.54, 1.807) is 24.4 Å². The van der Waals surface area contributed by atoms with Gasteiger partial charge in [0.2, 0.25) is 0 Å². The van der Waals surface area contributed by atoms with Crippen molar-refractivity contribution in [3.8, 4) is 5.75 Å². The maximum atomic E-state index is 12.4. The summed E-state index contributed by atoms with van der Waals surface area (Å²) in [6.45, 7) is 7.85. The Morgan fingerprint density at radius 3 is 2.69 bits per heavy atom. The number of hydrogen-bond donors (Lipinski definition) is 1. The number of imidazole rings is 1. The Balaban J connectivity index is 1.51. The van der Waals surface area contributed by atoms with Crippen molar-refractivity contribution in [2.75, 3.05) is 6.61 Å². The number of para-hydroxylation sites is 2. The van der Waals surface area contributed by atoms with E-state index in [4.69, 9.17) is 9.72 Å². The predicted molar refractivity (Wildman–Crippen MR) is 126 cm³/mol. The summed E-state index contributed by atoms with van der Waals surface area (Å²) < 4.78 is 8.32. The highest BCUT2D eigenvalue weighted by Crippen LogP contribution is 2.27. The predicted octanol–water partition coefficient (Wildman–Crippen LogP) is 4.87. The molecule has 0 aliphatic carbocycles. The number of fused-ring (bicyclic) bond motifs is 1. The second-order valence-corrected chi connectivity index (χ2v) is 8.11. The molecule has 6 heteroatoms. The summed E-state index contributed by atoms with van der Waals surface area (Å²) in [5.74, 6) is 1.88. The van der Waals surface area contributed by atoms with E-state index in [0.717, 1.165) is 22.6 Å². The van der Waals surface area contributed by atoms with Gasteiger partial charge in [-0.1, -0.05) is 44.2 Å². The molecule has 164 valence electrons. The van der Waals surface area contributed by atoms with Crippen LogP contribution in [0.15, 0.2) is 66.9 Å². The van der Waals surface area contributed by atoms with E-state index in [2.05, 4.69) is 53.8 Å². The van der Waals surface area contributed by atoms with Crippen LogP contribution in [0.3, 0.4) is 0 Å². The lowest BCUT2D eigenvalue weighted by molar-refractivity contribution is 0.0944. The van der Waals surface area contributed by atoms with Gasteiger partial charge in [-0.15, -0.1) is 0 Å². The molecule has 2 aromatic heterocycles. The lowest BCUT2D eigenvalue weighted by atomic mass is 10.0. The zero-order valence-electron chi connectivity index (χ0n) is 18.7. The number of hydrogen-bond acceptors (Lipinski definition) is 4. The summed E-state index contributed by atoms with van der Waals surface area (Å²) in [6, 6.07) is 19.6. The van der Waals surface area contributed by atoms with Crippen LogP contribution < -0.4 is 10.1 Å². The van der Waals surface area contributed by atoms with Gasteiger partial charge in [-0.3, -0.25) is 9.78 Å². The highest BCUT2D eigenvalue weighted by molar-refractivity contribution is 5.92. The van der Waals surface area contributed by atoms with Gasteiger partial charge in [-0.05, 0) is 54.3 Å². The number of aromatic nitrogens is 3. The number of benzene rings is 2. The summed E-state index contributed by atoms with van der Waals surface area (Å²) in [5.41, 5.74) is 4.68. The van der Waals surface area contributed by atoms with Gasteiger partial charge in [-0.25, -0.2) is 4.98 Å². The van der Waals surface area contributed by atoms with Crippen LogP contribution in [0.4, 0.5) is 0 Å². The van der Waals surface area contributed by atoms with Gasteiger partial charge in [0.15, 0.2) is 0 Å². The summed E-state index contributed by atoms with van der Waals surface area (Å²) in [4.78, 5) is 21.3. The number of carbonyl (C=O) groups excluding carboxylic acids is 1. The minimum absolute atomic E-state index is 0.221. The SMILES string of the molecule is Cc1ccc(C(C)C)c(OCCn2c(CNC(=O)c3ccccn3)nc3ccccc32)c1. The minimum atomic E-state index is -0.221. The van der Waals surface area contributed by atoms with Gasteiger partial charge < -0.3 is 14.6 Å². The monoisotopic (exact) mass is 428 g/mol. The molecule has 32 heavy (non-hydrogen) atoms. The highest BCUT2D eigenvalue weighted by atomic mass is 16.5. The number of pyridine rings is 1. The standard InChI is InChI=1S/C26H28N4O2/c1-18(2)20-12-11-19(3)16-24(20)32-15-14-30-23-10-5-4-8-21(23)29-25(30)17-28-26(31)22-9-6-7-13-27-22/h4-13,16,18H,14-15,17H2,1-3H3,(H,28,31). The Kier molecular flexibility index (Phi) is 6.50. The zero-order valence-corrected chi connectivity index (χ0v) is 18.7. The van der Waals surface area contributed by atoms with Gasteiger partial charge >= 0.3 is 0 Å². The molecule has 0 radical (unpaired) electrons. The topological polar surface area (TPSA) is 69.0 Å². The third-order valence-corrected chi connectivity index (χ3v) is 5.40. The maximum absolute atomic E-state index is 12.4. The summed E-state index contributed by atoms with van der Waals surface area (Å²) >= 11 is 0. The molecule has 1 N–H and O–H groups in total. The second-order valence-electron chi connectivity index (χ2n) is 8.11. The molecule has 0 spiro atoms. The molecule has 0 aliphatic rings. The van der Waals surface area contributed by atoms with E-state index in [1.165, 1.54) is 11.1 Å². The van der Waals surface area contributed by atoms with E-state index in [-0.39, 0.29) is 5.91 Å². The number of nitrogens with zero attached hydrogens (tertiary/aromatic N) is 3. The van der Waals surface area contributed by atoms with Crippen LogP contribution in [0.1, 0.15) is 47.2 Å². The molecule has 0 atom stereocenters. The maximum Gasteiger partial charge on any atom is 0.270 e. The number of amides is 1. The summed E-state index contributed by atoms with van der Waals surface area (Å²) in [7, 11) is 0. The van der Waals surface area contributed by atoms with Crippen LogP contribution in [0.25, 0.3) is 11.0 Å². The average molecular weight is 429 g/mol. The average Bonchev–Trinajstić information content (AvgIpc) is 3.15. The molecule has 4 aromatic rings. The van der Waals surface area contributed by atoms with Crippen LogP contribution in [-0.2, 0) is 13.1 Å². The fourth-order valence-corrected chi connectivity index (χ4v) is 3.75. The van der Waals surface area contributed by atoms with Crippen molar-refractivity contribution in [3.05, 3.63) is 89.5 Å². The van der Waals surface area contributed by atoms with Crippen molar-refractivity contribution < 1.29 is 9.53 Å². The number of ether oxygens (including phenoxy) is 1. The van der Waals surface area contributed by atoms with Crippen LogP contribution >= 0.6 is 0 Å². The van der Waals surface area contributed by atoms with Gasteiger partial charge in [0, 0.05) is 6.20 Å². The number of carbonyl (C=O) groups is 1. The van der Waals surface area contributed by atoms with Crippen molar-refractivity contribution in [1.29, 1.82) is 0 Å². The fourth-order valence-electron chi connectivity index (χ4n) is 3.75. The number of rotatable bonds is 8. The zero-order chi connectivity index (χ0) is 22.5. The molecule has 2 heterocycles. The molecule has 0 aliphatic heterocycles. The Morgan fingerprint density at radius 1 is 1.09 bits per heavy atom. The van der Waals surface area contributed by atoms with Crippen LogP contribution in [0, 0.1) is 6.92 Å². The smallest absolute Gasteiger partial charge is 0.270 e. The summed E-state index contributed by atoms with van der Waals surface area (Å²) in [6.07, 6.45) is 1.61. The number of nitrogens with one attached hydrogen (secondary N) is 1. The van der Waals surface area contributed by atoms with E-state index < -0.39 is 0 Å². The molecule has 0 saturated heterocycles.